The molecular formula is C17H34N2O3. The fraction of sp³-hybridized carbons (Fsp3) is 0.941. The van der Waals surface area contributed by atoms with Crippen LogP contribution in [0.4, 0.5) is 4.79 Å². The zero-order chi connectivity index (χ0) is 16.8. The number of carbonyl (C=O) groups is 1. The van der Waals surface area contributed by atoms with Gasteiger partial charge in [0, 0.05) is 19.1 Å². The van der Waals surface area contributed by atoms with E-state index >= 15 is 0 Å². The molecule has 2 N–H and O–H groups in total. The quantitative estimate of drug-likeness (QED) is 0.740. The van der Waals surface area contributed by atoms with E-state index in [2.05, 4.69) is 12.2 Å². The Morgan fingerprint density at radius 2 is 2.09 bits per heavy atom. The highest BCUT2D eigenvalue weighted by molar-refractivity contribution is 5.68. The Balaban J connectivity index is 2.37. The van der Waals surface area contributed by atoms with Crippen LogP contribution in [-0.2, 0) is 4.74 Å². The van der Waals surface area contributed by atoms with Gasteiger partial charge in [-0.15, -0.1) is 0 Å². The van der Waals surface area contributed by atoms with Gasteiger partial charge in [0.1, 0.15) is 5.60 Å². The van der Waals surface area contributed by atoms with Crippen molar-refractivity contribution in [1.29, 1.82) is 0 Å². The van der Waals surface area contributed by atoms with E-state index in [1.807, 2.05) is 32.6 Å². The predicted molar refractivity (Wildman–Crippen MR) is 88.9 cm³/mol. The number of ether oxygens (including phenoxy) is 1. The Bertz CT molecular complexity index is 339. The van der Waals surface area contributed by atoms with Crippen LogP contribution < -0.4 is 5.32 Å². The van der Waals surface area contributed by atoms with Crippen LogP contribution in [-0.4, -0.2) is 53.5 Å². The summed E-state index contributed by atoms with van der Waals surface area (Å²) in [6.07, 6.45) is 3.56. The Morgan fingerprint density at radius 3 is 2.68 bits per heavy atom. The molecule has 5 heteroatoms. The molecule has 0 bridgehead atoms. The van der Waals surface area contributed by atoms with Gasteiger partial charge in [-0.1, -0.05) is 0 Å². The van der Waals surface area contributed by atoms with E-state index in [1.54, 1.807) is 0 Å². The van der Waals surface area contributed by atoms with Gasteiger partial charge in [-0.25, -0.2) is 4.79 Å². The molecular weight excluding hydrogens is 280 g/mol. The van der Waals surface area contributed by atoms with Crippen molar-refractivity contribution in [1.82, 2.24) is 10.2 Å². The van der Waals surface area contributed by atoms with Gasteiger partial charge in [0.05, 0.1) is 6.10 Å². The van der Waals surface area contributed by atoms with Crippen LogP contribution in [0.15, 0.2) is 0 Å². The van der Waals surface area contributed by atoms with E-state index in [0.29, 0.717) is 12.0 Å². The van der Waals surface area contributed by atoms with Gasteiger partial charge in [0.15, 0.2) is 0 Å². The van der Waals surface area contributed by atoms with Crippen LogP contribution >= 0.6 is 0 Å². The van der Waals surface area contributed by atoms with Crippen LogP contribution in [0.25, 0.3) is 0 Å². The molecule has 3 unspecified atom stereocenters. The second-order valence-electron chi connectivity index (χ2n) is 7.56. The average Bonchev–Trinajstić information content (AvgIpc) is 2.41. The van der Waals surface area contributed by atoms with Crippen molar-refractivity contribution in [3.63, 3.8) is 0 Å². The van der Waals surface area contributed by atoms with Gasteiger partial charge in [0.2, 0.25) is 0 Å². The Morgan fingerprint density at radius 1 is 1.41 bits per heavy atom. The second-order valence-corrected chi connectivity index (χ2v) is 7.56. The number of nitrogens with one attached hydrogen (secondary N) is 1. The lowest BCUT2D eigenvalue weighted by Crippen LogP contribution is -2.48. The third kappa shape index (κ3) is 7.45. The number of aliphatic hydroxyl groups is 1. The number of rotatable bonds is 6. The number of aliphatic hydroxyl groups excluding tert-OH is 1. The monoisotopic (exact) mass is 314 g/mol. The first-order valence-corrected chi connectivity index (χ1v) is 8.58. The van der Waals surface area contributed by atoms with Crippen LogP contribution in [0.3, 0.4) is 0 Å². The topological polar surface area (TPSA) is 61.8 Å². The number of likely N-dealkylation sites (tertiary alicyclic amines) is 1. The normalized spacial score (nSPS) is 22.3. The first-order valence-electron chi connectivity index (χ1n) is 8.58. The first-order chi connectivity index (χ1) is 10.2. The van der Waals surface area contributed by atoms with Gasteiger partial charge in [0.25, 0.3) is 0 Å². The third-order valence-electron chi connectivity index (χ3n) is 4.08. The van der Waals surface area contributed by atoms with Crippen molar-refractivity contribution < 1.29 is 14.6 Å². The van der Waals surface area contributed by atoms with Gasteiger partial charge in [-0.05, 0) is 72.8 Å². The van der Waals surface area contributed by atoms with Crippen molar-refractivity contribution in [3.05, 3.63) is 0 Å². The Labute approximate surface area is 135 Å². The molecule has 5 nitrogen and oxygen atoms in total. The highest BCUT2D eigenvalue weighted by Gasteiger charge is 2.29. The van der Waals surface area contributed by atoms with Crippen molar-refractivity contribution in [2.75, 3.05) is 19.6 Å². The molecule has 1 amide bonds. The van der Waals surface area contributed by atoms with Crippen LogP contribution in [0.5, 0.6) is 0 Å². The molecule has 0 aromatic rings. The molecule has 1 aliphatic heterocycles. The summed E-state index contributed by atoms with van der Waals surface area (Å²) in [6, 6.07) is 0.374. The molecule has 3 atom stereocenters. The fourth-order valence-electron chi connectivity index (χ4n) is 2.80. The standard InChI is InChI=1S/C17H34N2O3/c1-13(20)8-6-10-18-14(2)15-9-7-11-19(12-15)16(21)22-17(3,4)5/h13-15,18,20H,6-12H2,1-5H3. The summed E-state index contributed by atoms with van der Waals surface area (Å²) in [5.41, 5.74) is -0.436. The third-order valence-corrected chi connectivity index (χ3v) is 4.08. The van der Waals surface area contributed by atoms with Crippen LogP contribution in [0, 0.1) is 5.92 Å². The van der Waals surface area contributed by atoms with Gasteiger partial charge < -0.3 is 20.1 Å². The molecule has 1 heterocycles. The molecule has 0 saturated carbocycles. The van der Waals surface area contributed by atoms with E-state index in [4.69, 9.17) is 4.74 Å². The van der Waals surface area contributed by atoms with Gasteiger partial charge >= 0.3 is 6.09 Å². The van der Waals surface area contributed by atoms with E-state index in [9.17, 15) is 9.90 Å². The molecule has 1 aliphatic rings. The lowest BCUT2D eigenvalue weighted by molar-refractivity contribution is 0.0148. The smallest absolute Gasteiger partial charge is 0.410 e. The molecule has 0 aliphatic carbocycles. The van der Waals surface area contributed by atoms with Crippen molar-refractivity contribution in [3.8, 4) is 0 Å². The Hall–Kier alpha value is -0.810. The van der Waals surface area contributed by atoms with Crippen LogP contribution in [0.2, 0.25) is 0 Å². The minimum atomic E-state index is -0.436. The maximum absolute atomic E-state index is 12.2. The zero-order valence-corrected chi connectivity index (χ0v) is 14.9. The molecule has 0 radical (unpaired) electrons. The van der Waals surface area contributed by atoms with E-state index in [-0.39, 0.29) is 12.2 Å². The van der Waals surface area contributed by atoms with E-state index < -0.39 is 5.60 Å². The molecule has 0 spiro atoms. The van der Waals surface area contributed by atoms with E-state index in [0.717, 1.165) is 45.3 Å². The summed E-state index contributed by atoms with van der Waals surface area (Å²) in [5, 5.41) is 12.8. The summed E-state index contributed by atoms with van der Waals surface area (Å²) >= 11 is 0. The highest BCUT2D eigenvalue weighted by Crippen LogP contribution is 2.21. The lowest BCUT2D eigenvalue weighted by atomic mass is 9.91. The molecule has 1 fully saturated rings. The van der Waals surface area contributed by atoms with E-state index in [1.165, 1.54) is 0 Å². The summed E-state index contributed by atoms with van der Waals surface area (Å²) in [7, 11) is 0. The highest BCUT2D eigenvalue weighted by atomic mass is 16.6. The van der Waals surface area contributed by atoms with Gasteiger partial charge in [-0.3, -0.25) is 0 Å². The number of amides is 1. The van der Waals surface area contributed by atoms with Gasteiger partial charge in [-0.2, -0.15) is 0 Å². The second kappa shape index (κ2) is 8.73. The van der Waals surface area contributed by atoms with Crippen LogP contribution in [0.1, 0.15) is 60.3 Å². The molecule has 0 aromatic heterocycles. The van der Waals surface area contributed by atoms with Crippen molar-refractivity contribution in [2.45, 2.75) is 78.0 Å². The summed E-state index contributed by atoms with van der Waals surface area (Å²) in [6.45, 7) is 12.2. The maximum Gasteiger partial charge on any atom is 0.410 e. The fourth-order valence-corrected chi connectivity index (χ4v) is 2.80. The zero-order valence-electron chi connectivity index (χ0n) is 14.9. The molecule has 22 heavy (non-hydrogen) atoms. The summed E-state index contributed by atoms with van der Waals surface area (Å²) < 4.78 is 5.47. The first kappa shape index (κ1) is 19.2. The molecule has 0 aromatic carbocycles. The predicted octanol–water partition coefficient (Wildman–Crippen LogP) is 2.77. The summed E-state index contributed by atoms with van der Waals surface area (Å²) in [5.74, 6) is 0.466. The maximum atomic E-state index is 12.2. The molecule has 1 saturated heterocycles. The lowest BCUT2D eigenvalue weighted by Gasteiger charge is -2.36. The Kier molecular flexibility index (Phi) is 7.63. The number of hydrogen-bond donors (Lipinski definition) is 2. The summed E-state index contributed by atoms with van der Waals surface area (Å²) in [4.78, 5) is 14.0. The number of hydrogen-bond acceptors (Lipinski definition) is 4. The number of carbonyl (C=O) groups excluding carboxylic acids is 1. The number of nitrogens with zero attached hydrogens (tertiary/aromatic N) is 1. The minimum absolute atomic E-state index is 0.196. The minimum Gasteiger partial charge on any atom is -0.444 e. The van der Waals surface area contributed by atoms with Crippen molar-refractivity contribution >= 4 is 6.09 Å². The number of piperidine rings is 1. The molecule has 1 rings (SSSR count). The SMILES string of the molecule is CC(O)CCCNC(C)C1CCCN(C(=O)OC(C)(C)C)C1. The average molecular weight is 314 g/mol. The van der Waals surface area contributed by atoms with Crippen molar-refractivity contribution in [2.24, 2.45) is 5.92 Å². The largest absolute Gasteiger partial charge is 0.444 e. The molecule has 130 valence electrons.